The van der Waals surface area contributed by atoms with Crippen LogP contribution in [0.15, 0.2) is 157 Å². The molecule has 0 spiro atoms. The van der Waals surface area contributed by atoms with E-state index in [2.05, 4.69) is 29.3 Å². The molecule has 0 radical (unpaired) electrons. The molecule has 4 aromatic carbocycles. The van der Waals surface area contributed by atoms with Crippen LogP contribution in [0.5, 0.6) is 0 Å². The van der Waals surface area contributed by atoms with Gasteiger partial charge in [-0.25, -0.2) is 9.59 Å². The van der Waals surface area contributed by atoms with E-state index in [-0.39, 0.29) is 56.4 Å². The second-order valence-electron chi connectivity index (χ2n) is 19.9. The number of nitriles is 8. The molecule has 394 valence electrons. The van der Waals surface area contributed by atoms with E-state index >= 15 is 0 Å². The molecule has 9 rings (SSSR count). The lowest BCUT2D eigenvalue weighted by Gasteiger charge is -2.16. The van der Waals surface area contributed by atoms with Crippen LogP contribution in [-0.4, -0.2) is 31.1 Å². The predicted octanol–water partition coefficient (Wildman–Crippen LogP) is 11.1. The van der Waals surface area contributed by atoms with E-state index in [0.29, 0.717) is 98.3 Å². The molecule has 1 N–H and O–H groups in total. The van der Waals surface area contributed by atoms with Crippen LogP contribution in [0.2, 0.25) is 0 Å². The predicted molar refractivity (Wildman–Crippen MR) is 315 cm³/mol. The fourth-order valence-electron chi connectivity index (χ4n) is 10.6. The second kappa shape index (κ2) is 23.5. The number of benzene rings is 4. The number of fused-ring (bicyclic) bond motifs is 5. The highest BCUT2D eigenvalue weighted by Gasteiger charge is 2.30. The van der Waals surface area contributed by atoms with Gasteiger partial charge in [0.1, 0.15) is 70.8 Å². The summed E-state index contributed by atoms with van der Waals surface area (Å²) < 4.78 is 10.7. The highest BCUT2D eigenvalue weighted by atomic mass is 16.5. The summed E-state index contributed by atoms with van der Waals surface area (Å²) in [4.78, 5) is 31.0. The Morgan fingerprint density at radius 1 is 0.398 bits per heavy atom. The van der Waals surface area contributed by atoms with Gasteiger partial charge < -0.3 is 14.5 Å². The number of esters is 2. The molecule has 0 aliphatic heterocycles. The van der Waals surface area contributed by atoms with Gasteiger partial charge in [-0.3, -0.25) is 0 Å². The van der Waals surface area contributed by atoms with Gasteiger partial charge in [-0.05, 0) is 125 Å². The van der Waals surface area contributed by atoms with E-state index in [1.54, 1.807) is 72.8 Å². The molecule has 0 atom stereocenters. The Hall–Kier alpha value is -12.1. The van der Waals surface area contributed by atoms with Crippen LogP contribution in [0.4, 0.5) is 0 Å². The van der Waals surface area contributed by atoms with Crippen molar-refractivity contribution in [2.24, 2.45) is 0 Å². The van der Waals surface area contributed by atoms with Crippen LogP contribution in [-0.2, 0) is 9.47 Å². The molecule has 1 aromatic heterocycles. The molecule has 0 fully saturated rings. The lowest BCUT2D eigenvalue weighted by atomic mass is 9.85. The van der Waals surface area contributed by atoms with Crippen LogP contribution in [0.3, 0.4) is 0 Å². The fourth-order valence-corrected chi connectivity index (χ4v) is 10.6. The number of H-pyrrole nitrogens is 1. The molecule has 0 bridgehead atoms. The first-order valence-corrected chi connectivity index (χ1v) is 26.0. The van der Waals surface area contributed by atoms with Crippen LogP contribution < -0.4 is 20.9 Å². The minimum atomic E-state index is -0.612. The Balaban J connectivity index is 1.38. The van der Waals surface area contributed by atoms with Crippen LogP contribution in [0, 0.1) is 90.6 Å². The summed E-state index contributed by atoms with van der Waals surface area (Å²) in [6.45, 7) is 8.13. The molecule has 4 aliphatic carbocycles. The first-order chi connectivity index (χ1) is 40.2. The highest BCUT2D eigenvalue weighted by molar-refractivity contribution is 6.18. The van der Waals surface area contributed by atoms with Gasteiger partial charge in [0.2, 0.25) is 0 Å². The Morgan fingerprint density at radius 2 is 0.747 bits per heavy atom. The zero-order chi connectivity index (χ0) is 59.2. The molecule has 0 saturated heterocycles. The molecule has 5 aromatic rings. The monoisotopic (exact) mass is 1080 g/mol. The van der Waals surface area contributed by atoms with Crippen molar-refractivity contribution in [3.8, 4) is 70.8 Å². The molecular formula is C70H45N9O4. The Labute approximate surface area is 477 Å². The van der Waals surface area contributed by atoms with Gasteiger partial charge in [-0.1, -0.05) is 137 Å². The van der Waals surface area contributed by atoms with Crippen molar-refractivity contribution >= 4 is 67.2 Å². The summed E-state index contributed by atoms with van der Waals surface area (Å²) in [6.07, 6.45) is 0. The molecule has 4 aliphatic rings. The quantitative estimate of drug-likeness (QED) is 0.0990. The van der Waals surface area contributed by atoms with E-state index in [4.69, 9.17) is 9.47 Å². The average molecular weight is 1080 g/mol. The van der Waals surface area contributed by atoms with Crippen molar-refractivity contribution in [1.82, 2.24) is 4.98 Å². The van der Waals surface area contributed by atoms with Gasteiger partial charge >= 0.3 is 11.9 Å². The third-order valence-corrected chi connectivity index (χ3v) is 14.7. The highest BCUT2D eigenvalue weighted by Crippen LogP contribution is 2.46. The van der Waals surface area contributed by atoms with E-state index in [9.17, 15) is 51.7 Å². The molecule has 0 unspecified atom stereocenters. The largest absolute Gasteiger partial charge is 0.465 e. The number of hydrogen-bond acceptors (Lipinski definition) is 12. The molecule has 0 saturated carbocycles. The van der Waals surface area contributed by atoms with E-state index < -0.39 is 11.9 Å². The number of hydrogen-bond donors (Lipinski definition) is 1. The number of aromatic amines is 1. The summed E-state index contributed by atoms with van der Waals surface area (Å²) in [5.74, 6) is -1.09. The van der Waals surface area contributed by atoms with Gasteiger partial charge in [0.15, 0.2) is 0 Å². The summed E-state index contributed by atoms with van der Waals surface area (Å²) in [5.41, 5.74) is 8.10. The van der Waals surface area contributed by atoms with Gasteiger partial charge in [0, 0.05) is 43.4 Å². The number of rotatable bonds is 10. The van der Waals surface area contributed by atoms with Gasteiger partial charge in [-0.2, -0.15) is 42.1 Å². The van der Waals surface area contributed by atoms with E-state index in [1.807, 2.05) is 125 Å². The minimum absolute atomic E-state index is 0.0660. The number of allylic oxidation sites excluding steroid dienone is 4. The normalized spacial score (nSPS) is 10.5. The number of nitrogens with one attached hydrogen (secondary N) is 1. The van der Waals surface area contributed by atoms with Crippen molar-refractivity contribution in [2.75, 3.05) is 14.2 Å². The van der Waals surface area contributed by atoms with E-state index in [1.165, 1.54) is 14.2 Å². The first kappa shape index (κ1) is 55.6. The Bertz CT molecular complexity index is 4500. The Kier molecular flexibility index (Phi) is 15.7. The molecule has 83 heavy (non-hydrogen) atoms. The number of nitrogens with zero attached hydrogens (tertiary/aromatic N) is 8. The average Bonchev–Trinajstić information content (AvgIpc) is 3.38. The maximum atomic E-state index is 13.8. The second-order valence-corrected chi connectivity index (χ2v) is 19.9. The maximum absolute atomic E-state index is 13.8. The maximum Gasteiger partial charge on any atom is 0.338 e. The summed E-state index contributed by atoms with van der Waals surface area (Å²) >= 11 is 0. The topological polar surface area (TPSA) is 259 Å². The third kappa shape index (κ3) is 10.2. The van der Waals surface area contributed by atoms with Crippen LogP contribution in [0.25, 0.3) is 77.5 Å². The van der Waals surface area contributed by atoms with Crippen molar-refractivity contribution in [2.45, 2.75) is 39.5 Å². The zero-order valence-corrected chi connectivity index (χ0v) is 45.7. The lowest BCUT2D eigenvalue weighted by molar-refractivity contribution is 0.0593. The number of aromatic nitrogens is 1. The van der Waals surface area contributed by atoms with Crippen LogP contribution >= 0.6 is 0 Å². The number of methoxy groups -OCH3 is 2. The molecular weight excluding hydrogens is 1030 g/mol. The van der Waals surface area contributed by atoms with Crippen molar-refractivity contribution in [3.63, 3.8) is 0 Å². The zero-order valence-electron chi connectivity index (χ0n) is 45.7. The van der Waals surface area contributed by atoms with Crippen molar-refractivity contribution in [3.05, 3.63) is 222 Å². The third-order valence-electron chi connectivity index (χ3n) is 14.7. The first-order valence-electron chi connectivity index (χ1n) is 26.0. The van der Waals surface area contributed by atoms with Gasteiger partial charge in [0.05, 0.1) is 25.3 Å². The van der Waals surface area contributed by atoms with Gasteiger partial charge in [-0.15, -0.1) is 0 Å². The summed E-state index contributed by atoms with van der Waals surface area (Å²) in [7, 11) is 2.58. The molecule has 1 heterocycles. The number of carbonyl (C=O) groups is 2. The summed E-state index contributed by atoms with van der Waals surface area (Å²) in [5, 5.41) is 85.9. The molecule has 13 nitrogen and oxygen atoms in total. The molecule has 13 heteroatoms. The van der Waals surface area contributed by atoms with Crippen molar-refractivity contribution in [1.29, 1.82) is 42.1 Å². The minimum Gasteiger partial charge on any atom is -0.465 e. The van der Waals surface area contributed by atoms with E-state index in [0.717, 1.165) is 11.1 Å². The SMILES string of the molecule is COC(=O)c1cc(C(C(=C(C#N)C#N)c2ccc3[nH]c4ccc(C(=C(C#N)C#N)C(c5cc(C(=O)OC)c6cc(C(C)C)cccc5-6)=c5ccc(=C(C#N)C#N)cc5)cc4c3c2)=c2ccc(=C(C#N)C#N)cc2)c2cccc(C(C)C)cc1-2. The standard InChI is InChI=1S/C70H45N9O4/c1-39(2)45-9-7-11-53-55(25-45)61(69(80)82-5)29-59(53)67(43-17-13-41(14-18-43)49(31-71)32-72)65(51(35-75)36-76)47-21-23-63-57(27-47)58-28-48(22-24-64(58)79-63)66(52(37-77)38-78)68(44-19-15-42(16-20-44)50(33-73)34-74)60-30-62(70(81)83-6)56-26-46(40(3)4)10-8-12-54(56)60/h7-30,39-40,79H,1-6H3. The van der Waals surface area contributed by atoms with Crippen molar-refractivity contribution < 1.29 is 19.1 Å². The van der Waals surface area contributed by atoms with Crippen LogP contribution in [0.1, 0.15) is 93.6 Å². The lowest BCUT2D eigenvalue weighted by Crippen LogP contribution is -2.14. The number of ether oxygens (including phenoxy) is 2. The summed E-state index contributed by atoms with van der Waals surface area (Å²) in [6, 6.07) is 58.9. The van der Waals surface area contributed by atoms with Gasteiger partial charge in [0.25, 0.3) is 0 Å². The fraction of sp³-hybridized carbons (Fsp3) is 0.114. The Morgan fingerprint density at radius 3 is 1.06 bits per heavy atom. The number of carbonyl (C=O) groups excluding carboxylic acids is 2. The molecule has 0 amide bonds. The smallest absolute Gasteiger partial charge is 0.338 e.